The number of rotatable bonds is 5. The van der Waals surface area contributed by atoms with Gasteiger partial charge in [0.15, 0.2) is 0 Å². The second-order valence-corrected chi connectivity index (χ2v) is 5.66. The lowest BCUT2D eigenvalue weighted by Gasteiger charge is -2.30. The molecule has 106 valence electrons. The Hall–Kier alpha value is -1.81. The van der Waals surface area contributed by atoms with Crippen molar-refractivity contribution in [3.05, 3.63) is 48.0 Å². The first-order valence-electron chi connectivity index (χ1n) is 7.22. The Balaban J connectivity index is 1.90. The molecule has 4 nitrogen and oxygen atoms in total. The number of hydrogen-bond donors (Lipinski definition) is 1. The molecule has 1 saturated carbocycles. The largest absolute Gasteiger partial charge is 0.365 e. The number of aryl methyl sites for hydroxylation is 1. The molecule has 0 saturated heterocycles. The highest BCUT2D eigenvalue weighted by Gasteiger charge is 2.29. The Bertz CT molecular complexity index is 586. The molecule has 2 N–H and O–H groups in total. The van der Waals surface area contributed by atoms with Gasteiger partial charge in [-0.05, 0) is 37.5 Å². The zero-order chi connectivity index (χ0) is 14.1. The third-order valence-electron chi connectivity index (χ3n) is 4.08. The second-order valence-electron chi connectivity index (χ2n) is 5.66. The van der Waals surface area contributed by atoms with E-state index in [0.29, 0.717) is 12.6 Å². The summed E-state index contributed by atoms with van der Waals surface area (Å²) in [5, 5.41) is 0. The second kappa shape index (κ2) is 5.29. The van der Waals surface area contributed by atoms with Crippen LogP contribution in [-0.4, -0.2) is 23.1 Å². The van der Waals surface area contributed by atoms with E-state index >= 15 is 0 Å². The molecule has 4 heteroatoms. The lowest BCUT2D eigenvalue weighted by Crippen LogP contribution is -2.32. The van der Waals surface area contributed by atoms with Crippen molar-refractivity contribution in [2.75, 3.05) is 18.5 Å². The minimum Gasteiger partial charge on any atom is -0.365 e. The first kappa shape index (κ1) is 13.2. The molecule has 1 atom stereocenters. The van der Waals surface area contributed by atoms with Gasteiger partial charge in [0, 0.05) is 25.3 Å². The minimum atomic E-state index is 0.167. The van der Waals surface area contributed by atoms with Crippen molar-refractivity contribution in [2.45, 2.75) is 31.8 Å². The summed E-state index contributed by atoms with van der Waals surface area (Å²) in [4.78, 5) is 6.58. The highest BCUT2D eigenvalue weighted by molar-refractivity contribution is 5.49. The number of anilines is 1. The Kier molecular flexibility index (Phi) is 3.49. The van der Waals surface area contributed by atoms with E-state index in [-0.39, 0.29) is 6.04 Å². The fourth-order valence-electron chi connectivity index (χ4n) is 2.74. The van der Waals surface area contributed by atoms with Crippen molar-refractivity contribution in [2.24, 2.45) is 5.73 Å². The molecule has 1 fully saturated rings. The molecular weight excluding hydrogens is 248 g/mol. The number of hydrogen-bond acceptors (Lipinski definition) is 3. The lowest BCUT2D eigenvalue weighted by atomic mass is 10.1. The van der Waals surface area contributed by atoms with Crippen molar-refractivity contribution >= 4 is 5.69 Å². The van der Waals surface area contributed by atoms with Crippen LogP contribution in [0, 0.1) is 6.92 Å². The topological polar surface area (TPSA) is 47.1 Å². The van der Waals surface area contributed by atoms with Gasteiger partial charge in [-0.1, -0.05) is 12.1 Å². The minimum absolute atomic E-state index is 0.167. The van der Waals surface area contributed by atoms with Gasteiger partial charge in [-0.25, -0.2) is 4.98 Å². The van der Waals surface area contributed by atoms with E-state index in [1.165, 1.54) is 29.8 Å². The van der Waals surface area contributed by atoms with Gasteiger partial charge in [0.1, 0.15) is 0 Å². The summed E-state index contributed by atoms with van der Waals surface area (Å²) in [6.45, 7) is 2.70. The number of likely N-dealkylation sites (N-methyl/N-ethyl adjacent to an activating group) is 1. The Morgan fingerprint density at radius 1 is 1.45 bits per heavy atom. The van der Waals surface area contributed by atoms with Gasteiger partial charge in [-0.15, -0.1) is 0 Å². The number of imidazole rings is 1. The van der Waals surface area contributed by atoms with E-state index in [2.05, 4.69) is 52.7 Å². The maximum Gasteiger partial charge on any atom is 0.0951 e. The van der Waals surface area contributed by atoms with Crippen LogP contribution in [0.5, 0.6) is 0 Å². The summed E-state index contributed by atoms with van der Waals surface area (Å²) >= 11 is 0. The molecule has 3 rings (SSSR count). The Labute approximate surface area is 120 Å². The van der Waals surface area contributed by atoms with Crippen molar-refractivity contribution in [1.29, 1.82) is 0 Å². The molecule has 2 aromatic rings. The first-order chi connectivity index (χ1) is 9.70. The molecule has 0 bridgehead atoms. The highest BCUT2D eigenvalue weighted by atomic mass is 15.2. The molecule has 1 heterocycles. The van der Waals surface area contributed by atoms with Gasteiger partial charge >= 0.3 is 0 Å². The zero-order valence-electron chi connectivity index (χ0n) is 12.2. The van der Waals surface area contributed by atoms with E-state index in [9.17, 15) is 0 Å². The summed E-state index contributed by atoms with van der Waals surface area (Å²) in [5.74, 6) is 0. The quantitative estimate of drug-likeness (QED) is 0.908. The summed E-state index contributed by atoms with van der Waals surface area (Å²) in [6.07, 6.45) is 6.42. The van der Waals surface area contributed by atoms with Gasteiger partial charge in [0.25, 0.3) is 0 Å². The normalized spacial score (nSPS) is 16.1. The van der Waals surface area contributed by atoms with Gasteiger partial charge in [0.2, 0.25) is 0 Å². The molecule has 0 spiro atoms. The summed E-state index contributed by atoms with van der Waals surface area (Å²) in [6, 6.07) is 9.33. The number of nitrogens with zero attached hydrogens (tertiary/aromatic N) is 3. The van der Waals surface area contributed by atoms with Gasteiger partial charge in [0.05, 0.1) is 24.3 Å². The van der Waals surface area contributed by atoms with Crippen LogP contribution in [-0.2, 0) is 0 Å². The average Bonchev–Trinajstić information content (AvgIpc) is 3.19. The van der Waals surface area contributed by atoms with Crippen molar-refractivity contribution in [3.8, 4) is 0 Å². The fourth-order valence-corrected chi connectivity index (χ4v) is 2.74. The van der Waals surface area contributed by atoms with Gasteiger partial charge in [-0.3, -0.25) is 0 Å². The molecule has 0 radical (unpaired) electrons. The number of aromatic nitrogens is 2. The van der Waals surface area contributed by atoms with Crippen LogP contribution >= 0.6 is 0 Å². The summed E-state index contributed by atoms with van der Waals surface area (Å²) in [7, 11) is 2.11. The standard InChI is InChI=1S/C16H22N4/c1-12-4-3-5-14(8-12)19(2)15(9-17)16-10-18-11-20(16)13-6-7-13/h3-5,8,10-11,13,15H,6-7,9,17H2,1-2H3. The van der Waals surface area contributed by atoms with Crippen molar-refractivity contribution < 1.29 is 0 Å². The fraction of sp³-hybridized carbons (Fsp3) is 0.438. The summed E-state index contributed by atoms with van der Waals surface area (Å²) in [5.41, 5.74) is 9.73. The molecule has 1 aromatic carbocycles. The third-order valence-corrected chi connectivity index (χ3v) is 4.08. The van der Waals surface area contributed by atoms with Crippen LogP contribution in [0.1, 0.15) is 36.2 Å². The maximum atomic E-state index is 6.05. The molecule has 1 aliphatic carbocycles. The predicted molar refractivity (Wildman–Crippen MR) is 81.9 cm³/mol. The van der Waals surface area contributed by atoms with Crippen LogP contribution in [0.4, 0.5) is 5.69 Å². The third kappa shape index (κ3) is 2.43. The molecule has 1 unspecified atom stereocenters. The molecular formula is C16H22N4. The monoisotopic (exact) mass is 270 g/mol. The van der Waals surface area contributed by atoms with Crippen LogP contribution in [0.2, 0.25) is 0 Å². The van der Waals surface area contributed by atoms with E-state index in [1.807, 2.05) is 12.5 Å². The van der Waals surface area contributed by atoms with Gasteiger partial charge in [-0.2, -0.15) is 0 Å². The molecule has 1 aliphatic rings. The Morgan fingerprint density at radius 3 is 2.90 bits per heavy atom. The number of nitrogens with two attached hydrogens (primary N) is 1. The van der Waals surface area contributed by atoms with Crippen LogP contribution < -0.4 is 10.6 Å². The van der Waals surface area contributed by atoms with E-state index in [4.69, 9.17) is 5.73 Å². The van der Waals surface area contributed by atoms with Crippen LogP contribution in [0.25, 0.3) is 0 Å². The zero-order valence-corrected chi connectivity index (χ0v) is 12.2. The molecule has 0 amide bonds. The average molecular weight is 270 g/mol. The van der Waals surface area contributed by atoms with Crippen molar-refractivity contribution in [3.63, 3.8) is 0 Å². The van der Waals surface area contributed by atoms with E-state index in [0.717, 1.165) is 0 Å². The van der Waals surface area contributed by atoms with Crippen LogP contribution in [0.15, 0.2) is 36.8 Å². The molecule has 0 aliphatic heterocycles. The Morgan fingerprint density at radius 2 is 2.25 bits per heavy atom. The maximum absolute atomic E-state index is 6.05. The van der Waals surface area contributed by atoms with Gasteiger partial charge < -0.3 is 15.2 Å². The highest BCUT2D eigenvalue weighted by Crippen LogP contribution is 2.38. The van der Waals surface area contributed by atoms with Crippen LogP contribution in [0.3, 0.4) is 0 Å². The predicted octanol–water partition coefficient (Wildman–Crippen LogP) is 2.66. The SMILES string of the molecule is Cc1cccc(N(C)C(CN)c2cncn2C2CC2)c1. The summed E-state index contributed by atoms with van der Waals surface area (Å²) < 4.78 is 2.30. The smallest absolute Gasteiger partial charge is 0.0951 e. The van der Waals surface area contributed by atoms with E-state index in [1.54, 1.807) is 0 Å². The molecule has 20 heavy (non-hydrogen) atoms. The lowest BCUT2D eigenvalue weighted by molar-refractivity contribution is 0.594. The number of benzene rings is 1. The van der Waals surface area contributed by atoms with E-state index < -0.39 is 0 Å². The first-order valence-corrected chi connectivity index (χ1v) is 7.22. The molecule has 1 aromatic heterocycles. The van der Waals surface area contributed by atoms with Crippen molar-refractivity contribution in [1.82, 2.24) is 9.55 Å².